The summed E-state index contributed by atoms with van der Waals surface area (Å²) in [5, 5.41) is 13.3. The Hall–Kier alpha value is -2.35. The second-order valence-electron chi connectivity index (χ2n) is 3.79. The summed E-state index contributed by atoms with van der Waals surface area (Å²) in [5.41, 5.74) is 0.0253. The maximum atomic E-state index is 11.5. The third kappa shape index (κ3) is 5.65. The molecular formula is C13H13BrN2O5. The fraction of sp³-hybridized carbons (Fsp3) is 0.154. The molecule has 0 bridgehead atoms. The average molecular weight is 357 g/mol. The number of amides is 3. The van der Waals surface area contributed by atoms with Gasteiger partial charge in [0.05, 0.1) is 10.0 Å². The molecule has 0 aliphatic rings. The first-order valence-corrected chi connectivity index (χ1v) is 6.57. The Bertz CT molecular complexity index is 574. The van der Waals surface area contributed by atoms with Gasteiger partial charge in [0.1, 0.15) is 5.75 Å². The summed E-state index contributed by atoms with van der Waals surface area (Å²) in [4.78, 5) is 33.5. The van der Waals surface area contributed by atoms with E-state index < -0.39 is 24.5 Å². The molecule has 112 valence electrons. The number of imide groups is 1. The van der Waals surface area contributed by atoms with Gasteiger partial charge in [-0.25, -0.2) is 9.59 Å². The van der Waals surface area contributed by atoms with Crippen LogP contribution < -0.4 is 15.4 Å². The minimum absolute atomic E-state index is 0.0253. The molecule has 8 heteroatoms. The number of rotatable bonds is 6. The van der Waals surface area contributed by atoms with Gasteiger partial charge in [0.15, 0.2) is 6.61 Å². The van der Waals surface area contributed by atoms with Crippen molar-refractivity contribution in [2.45, 2.75) is 0 Å². The Labute approximate surface area is 129 Å². The predicted molar refractivity (Wildman–Crippen MR) is 78.3 cm³/mol. The molecular weight excluding hydrogens is 344 g/mol. The number of nitrogens with one attached hydrogen (secondary N) is 2. The second kappa shape index (κ2) is 8.05. The first-order valence-electron chi connectivity index (χ1n) is 5.78. The molecule has 3 N–H and O–H groups in total. The van der Waals surface area contributed by atoms with Gasteiger partial charge in [0.25, 0.3) is 5.91 Å². The van der Waals surface area contributed by atoms with Crippen molar-refractivity contribution in [2.75, 3.05) is 13.2 Å². The lowest BCUT2D eigenvalue weighted by atomic mass is 10.2. The Morgan fingerprint density at radius 1 is 1.38 bits per heavy atom. The van der Waals surface area contributed by atoms with Crippen LogP contribution in [0.4, 0.5) is 4.79 Å². The molecule has 1 aromatic carbocycles. The largest absolute Gasteiger partial charge is 0.483 e. The van der Waals surface area contributed by atoms with Gasteiger partial charge in [-0.1, -0.05) is 6.08 Å². The van der Waals surface area contributed by atoms with Crippen LogP contribution in [-0.2, 0) is 4.79 Å². The number of carboxylic acid groups (broad SMARTS) is 1. The number of carbonyl (C=O) groups is 3. The van der Waals surface area contributed by atoms with Gasteiger partial charge < -0.3 is 15.2 Å². The molecule has 0 aromatic heterocycles. The third-order valence-electron chi connectivity index (χ3n) is 2.20. The van der Waals surface area contributed by atoms with Gasteiger partial charge in [-0.3, -0.25) is 10.1 Å². The van der Waals surface area contributed by atoms with E-state index in [4.69, 9.17) is 9.84 Å². The lowest BCUT2D eigenvalue weighted by molar-refractivity contribution is -0.122. The van der Waals surface area contributed by atoms with Gasteiger partial charge in [-0.05, 0) is 34.1 Å². The van der Waals surface area contributed by atoms with Crippen LogP contribution in [0.2, 0.25) is 0 Å². The fourth-order valence-corrected chi connectivity index (χ4v) is 1.62. The maximum Gasteiger partial charge on any atom is 0.335 e. The average Bonchev–Trinajstić information content (AvgIpc) is 2.43. The highest BCUT2D eigenvalue weighted by Gasteiger charge is 2.11. The number of carboxylic acids is 1. The van der Waals surface area contributed by atoms with E-state index in [1.165, 1.54) is 24.3 Å². The molecule has 3 amide bonds. The standard InChI is InChI=1S/C13H13BrN2O5/c1-2-5-15-13(20)16-11(17)7-21-10-6-8(12(18)19)3-4-9(10)14/h2-4,6H,1,5,7H2,(H,18,19)(H2,15,16,17,20). The Morgan fingerprint density at radius 3 is 2.71 bits per heavy atom. The zero-order valence-corrected chi connectivity index (χ0v) is 12.5. The number of urea groups is 1. The van der Waals surface area contributed by atoms with Crippen molar-refractivity contribution in [3.63, 3.8) is 0 Å². The van der Waals surface area contributed by atoms with Gasteiger partial charge in [-0.15, -0.1) is 6.58 Å². The van der Waals surface area contributed by atoms with E-state index in [0.717, 1.165) is 0 Å². The van der Waals surface area contributed by atoms with Crippen LogP contribution in [0.1, 0.15) is 10.4 Å². The number of ether oxygens (including phenoxy) is 1. The van der Waals surface area contributed by atoms with Crippen LogP contribution >= 0.6 is 15.9 Å². The van der Waals surface area contributed by atoms with Crippen LogP contribution in [0.15, 0.2) is 35.3 Å². The van der Waals surface area contributed by atoms with E-state index in [9.17, 15) is 14.4 Å². The number of benzene rings is 1. The first-order chi connectivity index (χ1) is 9.93. The molecule has 0 aliphatic carbocycles. The van der Waals surface area contributed by atoms with Crippen LogP contribution in [0, 0.1) is 0 Å². The minimum Gasteiger partial charge on any atom is -0.483 e. The van der Waals surface area contributed by atoms with E-state index in [1.54, 1.807) is 0 Å². The van der Waals surface area contributed by atoms with Gasteiger partial charge >= 0.3 is 12.0 Å². The van der Waals surface area contributed by atoms with Crippen molar-refractivity contribution in [3.05, 3.63) is 40.9 Å². The van der Waals surface area contributed by atoms with E-state index in [2.05, 4.69) is 27.8 Å². The topological polar surface area (TPSA) is 105 Å². The molecule has 0 atom stereocenters. The molecule has 0 fully saturated rings. The van der Waals surface area contributed by atoms with Crippen molar-refractivity contribution >= 4 is 33.8 Å². The van der Waals surface area contributed by atoms with Crippen LogP contribution in [0.25, 0.3) is 0 Å². The number of carbonyl (C=O) groups excluding carboxylic acids is 2. The summed E-state index contributed by atoms with van der Waals surface area (Å²) in [5.74, 6) is -1.58. The Kier molecular flexibility index (Phi) is 6.41. The summed E-state index contributed by atoms with van der Waals surface area (Å²) in [7, 11) is 0. The van der Waals surface area contributed by atoms with Crippen molar-refractivity contribution < 1.29 is 24.2 Å². The normalized spacial score (nSPS) is 9.57. The zero-order valence-electron chi connectivity index (χ0n) is 10.9. The quantitative estimate of drug-likeness (QED) is 0.670. The van der Waals surface area contributed by atoms with Crippen LogP contribution in [0.5, 0.6) is 5.75 Å². The lowest BCUT2D eigenvalue weighted by Gasteiger charge is -2.09. The maximum absolute atomic E-state index is 11.5. The van der Waals surface area contributed by atoms with E-state index >= 15 is 0 Å². The van der Waals surface area contributed by atoms with Crippen molar-refractivity contribution in [2.24, 2.45) is 0 Å². The molecule has 0 unspecified atom stereocenters. The Morgan fingerprint density at radius 2 is 2.10 bits per heavy atom. The second-order valence-corrected chi connectivity index (χ2v) is 4.64. The minimum atomic E-state index is -1.11. The van der Waals surface area contributed by atoms with Gasteiger partial charge in [0.2, 0.25) is 0 Å². The smallest absolute Gasteiger partial charge is 0.335 e. The van der Waals surface area contributed by atoms with E-state index in [0.29, 0.717) is 4.47 Å². The SMILES string of the molecule is C=CCNC(=O)NC(=O)COc1cc(C(=O)O)ccc1Br. The lowest BCUT2D eigenvalue weighted by Crippen LogP contribution is -2.41. The summed E-state index contributed by atoms with van der Waals surface area (Å²) in [6, 6.07) is 3.49. The fourth-order valence-electron chi connectivity index (χ4n) is 1.26. The highest BCUT2D eigenvalue weighted by Crippen LogP contribution is 2.26. The number of halogens is 1. The first kappa shape index (κ1) is 16.7. The van der Waals surface area contributed by atoms with E-state index in [1.807, 2.05) is 5.32 Å². The summed E-state index contributed by atoms with van der Waals surface area (Å²) in [6.45, 7) is 3.22. The predicted octanol–water partition coefficient (Wildman–Crippen LogP) is 1.54. The molecule has 0 radical (unpaired) electrons. The number of aromatic carboxylic acids is 1. The Balaban J connectivity index is 2.56. The molecule has 0 saturated heterocycles. The van der Waals surface area contributed by atoms with Crippen molar-refractivity contribution in [1.82, 2.24) is 10.6 Å². The third-order valence-corrected chi connectivity index (χ3v) is 2.85. The van der Waals surface area contributed by atoms with Gasteiger partial charge in [-0.2, -0.15) is 0 Å². The molecule has 1 rings (SSSR count). The van der Waals surface area contributed by atoms with E-state index in [-0.39, 0.29) is 17.9 Å². The van der Waals surface area contributed by atoms with Crippen LogP contribution in [-0.4, -0.2) is 36.2 Å². The highest BCUT2D eigenvalue weighted by molar-refractivity contribution is 9.10. The van der Waals surface area contributed by atoms with Crippen LogP contribution in [0.3, 0.4) is 0 Å². The molecule has 21 heavy (non-hydrogen) atoms. The number of hydrogen-bond acceptors (Lipinski definition) is 4. The molecule has 7 nitrogen and oxygen atoms in total. The molecule has 1 aromatic rings. The number of hydrogen-bond donors (Lipinski definition) is 3. The van der Waals surface area contributed by atoms with Gasteiger partial charge in [0, 0.05) is 6.54 Å². The summed E-state index contributed by atoms with van der Waals surface area (Å²) >= 11 is 3.17. The molecule has 0 aliphatic heterocycles. The zero-order chi connectivity index (χ0) is 15.8. The molecule has 0 saturated carbocycles. The van der Waals surface area contributed by atoms with Crippen molar-refractivity contribution in [1.29, 1.82) is 0 Å². The summed E-state index contributed by atoms with van der Waals surface area (Å²) < 4.78 is 5.67. The molecule has 0 spiro atoms. The van der Waals surface area contributed by atoms with Crippen molar-refractivity contribution in [3.8, 4) is 5.75 Å². The molecule has 0 heterocycles. The monoisotopic (exact) mass is 356 g/mol. The highest BCUT2D eigenvalue weighted by atomic mass is 79.9. The summed E-state index contributed by atoms with van der Waals surface area (Å²) in [6.07, 6.45) is 1.47.